The van der Waals surface area contributed by atoms with Gasteiger partial charge >= 0.3 is 0 Å². The summed E-state index contributed by atoms with van der Waals surface area (Å²) in [7, 11) is 0. The summed E-state index contributed by atoms with van der Waals surface area (Å²) >= 11 is 0. The highest BCUT2D eigenvalue weighted by atomic mass is 14.7. The van der Waals surface area contributed by atoms with Gasteiger partial charge in [-0.2, -0.15) is 0 Å². The summed E-state index contributed by atoms with van der Waals surface area (Å²) in [6.45, 7) is 0. The fourth-order valence-corrected chi connectivity index (χ4v) is 13.7. The van der Waals surface area contributed by atoms with Gasteiger partial charge in [0.05, 0.1) is 67.3 Å². The van der Waals surface area contributed by atoms with Crippen molar-refractivity contribution in [1.82, 2.24) is 44.9 Å². The number of fused-ring (bicyclic) bond motifs is 8. The number of hydrogen-bond acceptors (Lipinski definition) is 9. The molecular formula is C95H61N9. The molecule has 104 heavy (non-hydrogen) atoms. The first-order chi connectivity index (χ1) is 51.4. The lowest BCUT2D eigenvalue weighted by molar-refractivity contribution is 1.30. The summed E-state index contributed by atoms with van der Waals surface area (Å²) in [5.74, 6) is 0. The van der Waals surface area contributed by atoms with Crippen molar-refractivity contribution in [2.45, 2.75) is 0 Å². The zero-order valence-corrected chi connectivity index (χ0v) is 56.2. The first-order valence-electron chi connectivity index (χ1n) is 34.7. The summed E-state index contributed by atoms with van der Waals surface area (Å²) in [6, 6.07) is 116. The van der Waals surface area contributed by atoms with Crippen LogP contribution in [0.3, 0.4) is 0 Å². The molecule has 9 heterocycles. The lowest BCUT2D eigenvalue weighted by Crippen LogP contribution is -1.89. The van der Waals surface area contributed by atoms with E-state index in [4.69, 9.17) is 29.9 Å². The number of benzene rings is 11. The van der Waals surface area contributed by atoms with E-state index in [0.717, 1.165) is 133 Å². The third kappa shape index (κ3) is 12.9. The fourth-order valence-electron chi connectivity index (χ4n) is 13.7. The first kappa shape index (κ1) is 62.1. The highest BCUT2D eigenvalue weighted by molar-refractivity contribution is 5.99. The van der Waals surface area contributed by atoms with Gasteiger partial charge in [-0.1, -0.05) is 182 Å². The predicted octanol–water partition coefficient (Wildman–Crippen LogP) is 23.8. The van der Waals surface area contributed by atoms with Gasteiger partial charge in [-0.3, -0.25) is 15.0 Å². The molecule has 0 aliphatic rings. The lowest BCUT2D eigenvalue weighted by Gasteiger charge is -2.09. The molecule has 0 N–H and O–H groups in total. The molecule has 0 unspecified atom stereocenters. The molecule has 9 nitrogen and oxygen atoms in total. The number of pyridine rings is 9. The zero-order chi connectivity index (χ0) is 69.1. The number of hydrogen-bond donors (Lipinski definition) is 0. The van der Waals surface area contributed by atoms with Crippen LogP contribution in [0.15, 0.2) is 371 Å². The maximum absolute atomic E-state index is 5.00. The Morgan fingerprint density at radius 1 is 0.154 bits per heavy atom. The Bertz CT molecular complexity index is 6480. The van der Waals surface area contributed by atoms with E-state index >= 15 is 0 Å². The molecule has 0 atom stereocenters. The molecule has 0 aliphatic carbocycles. The molecular weight excluding hydrogens is 1270 g/mol. The minimum Gasteiger partial charge on any atom is -0.264 e. The van der Waals surface area contributed by atoms with Crippen LogP contribution in [0, 0.1) is 0 Å². The van der Waals surface area contributed by atoms with E-state index in [-0.39, 0.29) is 0 Å². The van der Waals surface area contributed by atoms with Crippen LogP contribution >= 0.6 is 0 Å². The van der Waals surface area contributed by atoms with E-state index in [9.17, 15) is 0 Å². The maximum atomic E-state index is 5.00. The maximum Gasteiger partial charge on any atom is 0.0725 e. The fraction of sp³-hybridized carbons (Fsp3) is 0. The number of nitrogens with zero attached hydrogens (tertiary/aromatic N) is 9. The summed E-state index contributed by atoms with van der Waals surface area (Å²) in [5.41, 5.74) is 25.2. The lowest BCUT2D eigenvalue weighted by atomic mass is 9.99. The molecule has 0 bridgehead atoms. The second-order valence-electron chi connectivity index (χ2n) is 25.8. The van der Waals surface area contributed by atoms with Gasteiger partial charge in [0.2, 0.25) is 0 Å². The van der Waals surface area contributed by atoms with E-state index in [2.05, 4.69) is 294 Å². The molecule has 0 spiro atoms. The minimum absolute atomic E-state index is 0.933. The summed E-state index contributed by atoms with van der Waals surface area (Å²) < 4.78 is 0. The first-order valence-corrected chi connectivity index (χ1v) is 34.7. The highest BCUT2D eigenvalue weighted by Crippen LogP contribution is 2.36. The van der Waals surface area contributed by atoms with Crippen LogP contribution in [-0.4, -0.2) is 44.9 Å². The van der Waals surface area contributed by atoms with Gasteiger partial charge in [-0.05, 0) is 207 Å². The molecule has 9 aromatic heterocycles. The van der Waals surface area contributed by atoms with Gasteiger partial charge in [0.1, 0.15) is 0 Å². The van der Waals surface area contributed by atoms with Crippen LogP contribution in [0.25, 0.3) is 188 Å². The molecule has 0 amide bonds. The van der Waals surface area contributed by atoms with Crippen molar-refractivity contribution in [3.8, 4) is 101 Å². The van der Waals surface area contributed by atoms with Gasteiger partial charge < -0.3 is 0 Å². The average Bonchev–Trinajstić information content (AvgIpc) is 0.786. The third-order valence-corrected chi connectivity index (χ3v) is 19.2. The Hall–Kier alpha value is -14.2. The van der Waals surface area contributed by atoms with Crippen LogP contribution in [0.5, 0.6) is 0 Å². The van der Waals surface area contributed by atoms with Crippen LogP contribution < -0.4 is 0 Å². The van der Waals surface area contributed by atoms with E-state index in [1.165, 1.54) is 54.9 Å². The van der Waals surface area contributed by atoms with E-state index in [1.54, 1.807) is 18.6 Å². The largest absolute Gasteiger partial charge is 0.264 e. The van der Waals surface area contributed by atoms with Gasteiger partial charge in [-0.15, -0.1) is 0 Å². The molecule has 0 fully saturated rings. The molecule has 0 radical (unpaired) electrons. The van der Waals surface area contributed by atoms with Crippen molar-refractivity contribution in [2.75, 3.05) is 0 Å². The standard InChI is InChI=1S/2C33H21N3.C29H19N3/c1-2-8-28-22(5-1)6-3-9-29(28)33-17-13-26-20-24(11-15-31(26)36-33)23-10-14-30-25(19-23)12-16-32(35-30)27-7-4-18-34-21-27;1-2-5-23-18-26(8-7-22(23)4-1)32-15-11-27-19-24(9-13-30(27)35-32)25-10-14-31-28(20-25)12-16-33(36-31)29-6-3-17-34-21-29;1-2-5-20(6-3-1)26-14-10-23-17-21(8-12-27(23)31-26)22-9-13-28-24(18-22)11-15-29(32-28)25-7-4-16-30-19-25/h2*1-21H;1-19H. The molecule has 20 rings (SSSR count). The Balaban J connectivity index is 0.000000111. The second-order valence-corrected chi connectivity index (χ2v) is 25.8. The molecule has 0 saturated heterocycles. The molecule has 486 valence electrons. The van der Waals surface area contributed by atoms with Gasteiger partial charge in [-0.25, -0.2) is 29.9 Å². The van der Waals surface area contributed by atoms with E-state index < -0.39 is 0 Å². The SMILES string of the molecule is c1ccc(-c2ccc3cc(-c4ccc5nc(-c6cccnc6)ccc5c4)ccc3n2)cc1.c1cncc(-c2ccc3cc(-c4ccc5nc(-c6ccc7ccccc7c6)ccc5c4)ccc3n2)c1.c1cncc(-c2ccc3cc(-c4ccc5nc(-c6cccc7ccccc67)ccc5c4)ccc3n2)c1. The highest BCUT2D eigenvalue weighted by Gasteiger charge is 2.13. The molecule has 9 heteroatoms. The van der Waals surface area contributed by atoms with Gasteiger partial charge in [0.15, 0.2) is 0 Å². The summed E-state index contributed by atoms with van der Waals surface area (Å²) in [5, 5.41) is 11.7. The van der Waals surface area contributed by atoms with Crippen molar-refractivity contribution < 1.29 is 0 Å². The smallest absolute Gasteiger partial charge is 0.0725 e. The Morgan fingerprint density at radius 2 is 0.442 bits per heavy atom. The normalized spacial score (nSPS) is 11.3. The van der Waals surface area contributed by atoms with Gasteiger partial charge in [0.25, 0.3) is 0 Å². The third-order valence-electron chi connectivity index (χ3n) is 19.2. The predicted molar refractivity (Wildman–Crippen MR) is 428 cm³/mol. The van der Waals surface area contributed by atoms with Crippen LogP contribution in [0.4, 0.5) is 0 Å². The summed E-state index contributed by atoms with van der Waals surface area (Å²) in [6.07, 6.45) is 10.9. The Labute approximate surface area is 600 Å². The van der Waals surface area contributed by atoms with Crippen molar-refractivity contribution in [3.05, 3.63) is 371 Å². The van der Waals surface area contributed by atoms with Gasteiger partial charge in [0, 0.05) is 103 Å². The van der Waals surface area contributed by atoms with E-state index in [0.29, 0.717) is 0 Å². The minimum atomic E-state index is 0.933. The molecule has 0 saturated carbocycles. The van der Waals surface area contributed by atoms with E-state index in [1.807, 2.05) is 73.2 Å². The second kappa shape index (κ2) is 27.5. The molecule has 11 aromatic carbocycles. The zero-order valence-electron chi connectivity index (χ0n) is 56.2. The van der Waals surface area contributed by atoms with Crippen LogP contribution in [0.2, 0.25) is 0 Å². The number of aromatic nitrogens is 9. The quantitative estimate of drug-likeness (QED) is 0.139. The topological polar surface area (TPSA) is 116 Å². The summed E-state index contributed by atoms with van der Waals surface area (Å²) in [4.78, 5) is 41.9. The molecule has 0 aliphatic heterocycles. The van der Waals surface area contributed by atoms with Crippen LogP contribution in [-0.2, 0) is 0 Å². The van der Waals surface area contributed by atoms with Crippen molar-refractivity contribution >= 4 is 87.0 Å². The van der Waals surface area contributed by atoms with Crippen molar-refractivity contribution in [3.63, 3.8) is 0 Å². The Morgan fingerprint density at radius 3 is 0.837 bits per heavy atom. The number of rotatable bonds is 9. The monoisotopic (exact) mass is 1330 g/mol. The molecule has 20 aromatic rings. The van der Waals surface area contributed by atoms with Crippen molar-refractivity contribution in [1.29, 1.82) is 0 Å². The Kier molecular flexibility index (Phi) is 16.4. The average molecular weight is 1330 g/mol. The van der Waals surface area contributed by atoms with Crippen LogP contribution in [0.1, 0.15) is 0 Å². The van der Waals surface area contributed by atoms with Crippen molar-refractivity contribution in [2.24, 2.45) is 0 Å².